The monoisotopic (exact) mass is 235 g/mol. The SMILES string of the molecule is O=[N+]([O-])c1cccc2nonc12.c1conn1. The van der Waals surface area contributed by atoms with Crippen molar-refractivity contribution in [2.45, 2.75) is 0 Å². The number of nitro groups is 1. The van der Waals surface area contributed by atoms with Crippen molar-refractivity contribution in [1.82, 2.24) is 20.7 Å². The molecule has 86 valence electrons. The Bertz CT molecular complexity index is 588. The second kappa shape index (κ2) is 4.79. The fourth-order valence-corrected chi connectivity index (χ4v) is 1.08. The van der Waals surface area contributed by atoms with E-state index in [0.717, 1.165) is 0 Å². The number of nitro benzene ring substituents is 1. The zero-order chi connectivity index (χ0) is 12.1. The lowest BCUT2D eigenvalue weighted by atomic mass is 10.3. The molecule has 17 heavy (non-hydrogen) atoms. The molecule has 3 aromatic rings. The largest absolute Gasteiger partial charge is 0.346 e. The Morgan fingerprint density at radius 3 is 2.76 bits per heavy atom. The van der Waals surface area contributed by atoms with E-state index in [-0.39, 0.29) is 11.2 Å². The maximum Gasteiger partial charge on any atom is 0.300 e. The van der Waals surface area contributed by atoms with Gasteiger partial charge in [0, 0.05) is 11.3 Å². The average molecular weight is 235 g/mol. The Morgan fingerprint density at radius 1 is 1.29 bits per heavy atom. The van der Waals surface area contributed by atoms with Crippen LogP contribution < -0.4 is 0 Å². The van der Waals surface area contributed by atoms with E-state index in [2.05, 4.69) is 29.8 Å². The second-order valence-corrected chi connectivity index (χ2v) is 2.75. The van der Waals surface area contributed by atoms with Gasteiger partial charge in [-0.25, -0.2) is 4.63 Å². The zero-order valence-electron chi connectivity index (χ0n) is 8.26. The third kappa shape index (κ3) is 2.40. The van der Waals surface area contributed by atoms with Gasteiger partial charge in [0.05, 0.1) is 11.1 Å². The number of fused-ring (bicyclic) bond motifs is 1. The van der Waals surface area contributed by atoms with Crippen LogP contribution in [0.15, 0.2) is 39.8 Å². The fraction of sp³-hybridized carbons (Fsp3) is 0. The molecule has 1 aromatic carbocycles. The molecule has 0 radical (unpaired) electrons. The molecule has 0 saturated heterocycles. The van der Waals surface area contributed by atoms with Crippen LogP contribution in [-0.4, -0.2) is 25.6 Å². The summed E-state index contributed by atoms with van der Waals surface area (Å²) in [5.74, 6) is 0. The molecule has 2 aromatic heterocycles. The highest BCUT2D eigenvalue weighted by atomic mass is 16.6. The summed E-state index contributed by atoms with van der Waals surface area (Å²) in [6.07, 6.45) is 2.88. The second-order valence-electron chi connectivity index (χ2n) is 2.75. The summed E-state index contributed by atoms with van der Waals surface area (Å²) in [6, 6.07) is 4.48. The number of hydrogen-bond donors (Lipinski definition) is 0. The van der Waals surface area contributed by atoms with Crippen molar-refractivity contribution in [1.29, 1.82) is 0 Å². The van der Waals surface area contributed by atoms with E-state index in [0.29, 0.717) is 5.52 Å². The molecule has 0 aliphatic heterocycles. The van der Waals surface area contributed by atoms with Gasteiger partial charge in [0.25, 0.3) is 0 Å². The molecule has 9 heteroatoms. The number of hydrogen-bond acceptors (Lipinski definition) is 8. The van der Waals surface area contributed by atoms with Crippen molar-refractivity contribution in [3.05, 3.63) is 40.8 Å². The minimum Gasteiger partial charge on any atom is -0.346 e. The van der Waals surface area contributed by atoms with E-state index in [9.17, 15) is 10.1 Å². The van der Waals surface area contributed by atoms with Crippen molar-refractivity contribution in [2.75, 3.05) is 0 Å². The van der Waals surface area contributed by atoms with Gasteiger partial charge in [-0.2, -0.15) is 0 Å². The van der Waals surface area contributed by atoms with Crippen LogP contribution in [0.5, 0.6) is 0 Å². The lowest BCUT2D eigenvalue weighted by molar-refractivity contribution is -0.383. The Labute approximate surface area is 93.1 Å². The summed E-state index contributed by atoms with van der Waals surface area (Å²) in [4.78, 5) is 9.89. The average Bonchev–Trinajstić information content (AvgIpc) is 3.02. The predicted octanol–water partition coefficient (Wildman–Crippen LogP) is 1.20. The maximum absolute atomic E-state index is 10.4. The first-order valence-corrected chi connectivity index (χ1v) is 4.35. The zero-order valence-corrected chi connectivity index (χ0v) is 8.26. The summed E-state index contributed by atoms with van der Waals surface area (Å²) >= 11 is 0. The molecule has 0 N–H and O–H groups in total. The molecular weight excluding hydrogens is 230 g/mol. The van der Waals surface area contributed by atoms with Crippen LogP contribution in [0.3, 0.4) is 0 Å². The fourth-order valence-electron chi connectivity index (χ4n) is 1.08. The Morgan fingerprint density at radius 2 is 2.18 bits per heavy atom. The van der Waals surface area contributed by atoms with Crippen molar-refractivity contribution in [3.63, 3.8) is 0 Å². The highest BCUT2D eigenvalue weighted by molar-refractivity contribution is 5.82. The first-order valence-electron chi connectivity index (χ1n) is 4.35. The lowest BCUT2D eigenvalue weighted by Crippen LogP contribution is -1.88. The van der Waals surface area contributed by atoms with Crippen molar-refractivity contribution in [3.8, 4) is 0 Å². The molecule has 0 bridgehead atoms. The third-order valence-corrected chi connectivity index (χ3v) is 1.74. The van der Waals surface area contributed by atoms with E-state index >= 15 is 0 Å². The summed E-state index contributed by atoms with van der Waals surface area (Å²) in [7, 11) is 0. The van der Waals surface area contributed by atoms with Crippen LogP contribution >= 0.6 is 0 Å². The molecule has 3 rings (SSSR count). The molecule has 9 nitrogen and oxygen atoms in total. The quantitative estimate of drug-likeness (QED) is 0.455. The topological polar surface area (TPSA) is 121 Å². The highest BCUT2D eigenvalue weighted by Crippen LogP contribution is 2.21. The molecule has 0 atom stereocenters. The van der Waals surface area contributed by atoms with Crippen LogP contribution in [0.4, 0.5) is 5.69 Å². The number of non-ortho nitro benzene ring substituents is 1. The Hall–Kier alpha value is -2.84. The highest BCUT2D eigenvalue weighted by Gasteiger charge is 2.14. The Kier molecular flexibility index (Phi) is 3.01. The molecule has 0 unspecified atom stereocenters. The molecular formula is C8H5N5O4. The van der Waals surface area contributed by atoms with Gasteiger partial charge < -0.3 is 4.52 Å². The van der Waals surface area contributed by atoms with Crippen LogP contribution in [0.25, 0.3) is 11.0 Å². The number of aromatic nitrogens is 4. The van der Waals surface area contributed by atoms with Crippen molar-refractivity contribution < 1.29 is 14.1 Å². The first-order chi connectivity index (χ1) is 8.29. The number of rotatable bonds is 1. The smallest absolute Gasteiger partial charge is 0.300 e. The number of nitrogens with zero attached hydrogens (tertiary/aromatic N) is 5. The first kappa shape index (κ1) is 10.7. The van der Waals surface area contributed by atoms with Gasteiger partial charge in [0.2, 0.25) is 5.52 Å². The van der Waals surface area contributed by atoms with Gasteiger partial charge in [-0.05, 0) is 16.4 Å². The van der Waals surface area contributed by atoms with Gasteiger partial charge in [0.1, 0.15) is 11.8 Å². The van der Waals surface area contributed by atoms with Crippen LogP contribution in [-0.2, 0) is 0 Å². The molecule has 0 aliphatic rings. The van der Waals surface area contributed by atoms with E-state index in [1.807, 2.05) is 0 Å². The molecule has 2 heterocycles. The van der Waals surface area contributed by atoms with Gasteiger partial charge in [0.15, 0.2) is 0 Å². The molecule has 0 fully saturated rings. The van der Waals surface area contributed by atoms with Gasteiger partial charge >= 0.3 is 5.69 Å². The van der Waals surface area contributed by atoms with E-state index in [1.54, 1.807) is 6.07 Å². The summed E-state index contributed by atoms with van der Waals surface area (Å²) in [5, 5.41) is 23.7. The maximum atomic E-state index is 10.4. The Balaban J connectivity index is 0.000000181. The minimum atomic E-state index is -0.521. The predicted molar refractivity (Wildman–Crippen MR) is 52.8 cm³/mol. The van der Waals surface area contributed by atoms with E-state index in [4.69, 9.17) is 0 Å². The van der Waals surface area contributed by atoms with E-state index < -0.39 is 4.92 Å². The van der Waals surface area contributed by atoms with Crippen LogP contribution in [0, 0.1) is 10.1 Å². The standard InChI is InChI=1S/C6H3N3O3.C2H2N2O/c10-9(11)5-3-1-2-4-6(5)8-12-7-4;1-2-5-4-3-1/h1-3H;1-2H. The molecule has 0 saturated carbocycles. The normalized spacial score (nSPS) is 9.65. The van der Waals surface area contributed by atoms with E-state index in [1.165, 1.54) is 24.6 Å². The van der Waals surface area contributed by atoms with Gasteiger partial charge in [-0.15, -0.1) is 5.10 Å². The summed E-state index contributed by atoms with van der Waals surface area (Å²) < 4.78 is 8.57. The molecule has 0 aliphatic carbocycles. The van der Waals surface area contributed by atoms with Gasteiger partial charge in [-0.3, -0.25) is 10.1 Å². The van der Waals surface area contributed by atoms with Crippen LogP contribution in [0.2, 0.25) is 0 Å². The minimum absolute atomic E-state index is 0.0891. The summed E-state index contributed by atoms with van der Waals surface area (Å²) in [5.41, 5.74) is 0.487. The molecule has 0 spiro atoms. The molecule has 0 amide bonds. The van der Waals surface area contributed by atoms with Crippen LogP contribution in [0.1, 0.15) is 0 Å². The number of benzene rings is 1. The third-order valence-electron chi connectivity index (χ3n) is 1.74. The lowest BCUT2D eigenvalue weighted by Gasteiger charge is -1.87. The van der Waals surface area contributed by atoms with Crippen molar-refractivity contribution in [2.24, 2.45) is 0 Å². The summed E-state index contributed by atoms with van der Waals surface area (Å²) in [6.45, 7) is 0. The van der Waals surface area contributed by atoms with Crippen molar-refractivity contribution >= 4 is 16.7 Å². The van der Waals surface area contributed by atoms with Gasteiger partial charge in [-0.1, -0.05) is 6.07 Å².